The van der Waals surface area contributed by atoms with Crippen LogP contribution in [0.3, 0.4) is 0 Å². The summed E-state index contributed by atoms with van der Waals surface area (Å²) < 4.78 is 0. The molecular formula is C10H12N4O. The maximum atomic E-state index is 9.79. The lowest BCUT2D eigenvalue weighted by atomic mass is 9.91. The highest BCUT2D eigenvalue weighted by Gasteiger charge is 2.42. The Morgan fingerprint density at radius 1 is 1.67 bits per heavy atom. The van der Waals surface area contributed by atoms with Crippen molar-refractivity contribution in [1.29, 1.82) is 5.26 Å². The first-order valence-corrected chi connectivity index (χ1v) is 4.77. The number of hydrogen-bond acceptors (Lipinski definition) is 5. The van der Waals surface area contributed by atoms with E-state index in [0.29, 0.717) is 19.0 Å². The molecule has 1 saturated heterocycles. The molecule has 5 heteroatoms. The molecule has 0 aliphatic carbocycles. The van der Waals surface area contributed by atoms with Gasteiger partial charge in [0.2, 0.25) is 5.95 Å². The van der Waals surface area contributed by atoms with Gasteiger partial charge < -0.3 is 10.0 Å². The third-order valence-electron chi connectivity index (χ3n) is 2.44. The molecule has 78 valence electrons. The van der Waals surface area contributed by atoms with Crippen LogP contribution in [-0.4, -0.2) is 33.8 Å². The maximum absolute atomic E-state index is 9.79. The largest absolute Gasteiger partial charge is 0.385 e. The lowest BCUT2D eigenvalue weighted by Gasteiger charge is -2.45. The van der Waals surface area contributed by atoms with Crippen molar-refractivity contribution in [3.05, 3.63) is 18.0 Å². The zero-order valence-corrected chi connectivity index (χ0v) is 8.51. The fraction of sp³-hybridized carbons (Fsp3) is 0.500. The second-order valence-electron chi connectivity index (χ2n) is 3.91. The number of anilines is 1. The van der Waals surface area contributed by atoms with Crippen LogP contribution in [0, 0.1) is 18.3 Å². The average Bonchev–Trinajstić information content (AvgIpc) is 2.14. The second-order valence-corrected chi connectivity index (χ2v) is 3.91. The van der Waals surface area contributed by atoms with Crippen molar-refractivity contribution in [1.82, 2.24) is 9.97 Å². The quantitative estimate of drug-likeness (QED) is 0.747. The van der Waals surface area contributed by atoms with Gasteiger partial charge in [0.25, 0.3) is 0 Å². The van der Waals surface area contributed by atoms with Crippen LogP contribution in [0.25, 0.3) is 0 Å². The third kappa shape index (κ3) is 1.90. The van der Waals surface area contributed by atoms with Crippen LogP contribution >= 0.6 is 0 Å². The summed E-state index contributed by atoms with van der Waals surface area (Å²) in [4.78, 5) is 10.2. The molecule has 2 rings (SSSR count). The smallest absolute Gasteiger partial charge is 0.225 e. The first-order chi connectivity index (χ1) is 7.13. The van der Waals surface area contributed by atoms with E-state index in [0.717, 1.165) is 5.69 Å². The molecule has 0 atom stereocenters. The van der Waals surface area contributed by atoms with Gasteiger partial charge in [0.1, 0.15) is 5.60 Å². The highest BCUT2D eigenvalue weighted by Crippen LogP contribution is 2.27. The highest BCUT2D eigenvalue weighted by atomic mass is 16.3. The first-order valence-electron chi connectivity index (χ1n) is 4.77. The van der Waals surface area contributed by atoms with Gasteiger partial charge in [0.15, 0.2) is 0 Å². The molecule has 2 heterocycles. The van der Waals surface area contributed by atoms with E-state index in [1.54, 1.807) is 6.20 Å². The number of aryl methyl sites for hydroxylation is 1. The maximum Gasteiger partial charge on any atom is 0.225 e. The van der Waals surface area contributed by atoms with Crippen LogP contribution in [-0.2, 0) is 0 Å². The van der Waals surface area contributed by atoms with Crippen LogP contribution in [0.15, 0.2) is 12.3 Å². The van der Waals surface area contributed by atoms with E-state index in [1.165, 1.54) is 0 Å². The fourth-order valence-corrected chi connectivity index (χ4v) is 1.65. The van der Waals surface area contributed by atoms with Gasteiger partial charge in [-0.05, 0) is 13.0 Å². The summed E-state index contributed by atoms with van der Waals surface area (Å²) >= 11 is 0. The molecule has 1 fully saturated rings. The van der Waals surface area contributed by atoms with Crippen LogP contribution < -0.4 is 4.90 Å². The van der Waals surface area contributed by atoms with E-state index in [-0.39, 0.29) is 6.42 Å². The van der Waals surface area contributed by atoms with E-state index < -0.39 is 5.60 Å². The Hall–Kier alpha value is -1.67. The Balaban J connectivity index is 2.03. The van der Waals surface area contributed by atoms with E-state index in [1.807, 2.05) is 24.0 Å². The summed E-state index contributed by atoms with van der Waals surface area (Å²) in [6.07, 6.45) is 1.86. The second kappa shape index (κ2) is 3.48. The Kier molecular flexibility index (Phi) is 2.29. The number of hydrogen-bond donors (Lipinski definition) is 1. The molecule has 5 nitrogen and oxygen atoms in total. The molecule has 0 aromatic carbocycles. The number of rotatable bonds is 2. The molecule has 0 amide bonds. The van der Waals surface area contributed by atoms with Gasteiger partial charge >= 0.3 is 0 Å². The van der Waals surface area contributed by atoms with Crippen molar-refractivity contribution in [2.45, 2.75) is 18.9 Å². The molecule has 1 aliphatic heterocycles. The normalized spacial score (nSPS) is 18.1. The summed E-state index contributed by atoms with van der Waals surface area (Å²) in [5.41, 5.74) is 0.0257. The van der Waals surface area contributed by atoms with Crippen molar-refractivity contribution in [3.8, 4) is 6.07 Å². The Morgan fingerprint density at radius 3 is 3.00 bits per heavy atom. The number of aromatic nitrogens is 2. The van der Waals surface area contributed by atoms with Gasteiger partial charge in [-0.25, -0.2) is 9.97 Å². The Labute approximate surface area is 88.0 Å². The zero-order chi connectivity index (χ0) is 10.9. The molecule has 1 aromatic heterocycles. The van der Waals surface area contributed by atoms with Gasteiger partial charge in [0.05, 0.1) is 25.6 Å². The van der Waals surface area contributed by atoms with Crippen LogP contribution in [0.1, 0.15) is 12.1 Å². The highest BCUT2D eigenvalue weighted by molar-refractivity contribution is 5.37. The molecule has 0 unspecified atom stereocenters. The molecule has 15 heavy (non-hydrogen) atoms. The molecule has 1 aliphatic rings. The lowest BCUT2D eigenvalue weighted by molar-refractivity contribution is 0.0156. The van der Waals surface area contributed by atoms with Gasteiger partial charge in [-0.3, -0.25) is 0 Å². The van der Waals surface area contributed by atoms with Crippen LogP contribution in [0.4, 0.5) is 5.95 Å². The first kappa shape index (κ1) is 9.87. The summed E-state index contributed by atoms with van der Waals surface area (Å²) in [5.74, 6) is 0.623. The average molecular weight is 204 g/mol. The minimum atomic E-state index is -0.873. The van der Waals surface area contributed by atoms with E-state index in [2.05, 4.69) is 9.97 Å². The summed E-state index contributed by atoms with van der Waals surface area (Å²) in [6, 6.07) is 3.80. The topological polar surface area (TPSA) is 73.0 Å². The Bertz CT molecular complexity index is 406. The van der Waals surface area contributed by atoms with Crippen LogP contribution in [0.2, 0.25) is 0 Å². The van der Waals surface area contributed by atoms with Crippen molar-refractivity contribution in [2.75, 3.05) is 18.0 Å². The van der Waals surface area contributed by atoms with Crippen molar-refractivity contribution in [2.24, 2.45) is 0 Å². The summed E-state index contributed by atoms with van der Waals surface area (Å²) in [5, 5.41) is 18.3. The molecule has 0 bridgehead atoms. The predicted molar refractivity (Wildman–Crippen MR) is 54.2 cm³/mol. The Morgan fingerprint density at radius 2 is 2.40 bits per heavy atom. The summed E-state index contributed by atoms with van der Waals surface area (Å²) in [6.45, 7) is 2.76. The third-order valence-corrected chi connectivity index (χ3v) is 2.44. The van der Waals surface area contributed by atoms with E-state index >= 15 is 0 Å². The predicted octanol–water partition coefficient (Wildman–Crippen LogP) is 0.250. The molecule has 0 spiro atoms. The van der Waals surface area contributed by atoms with Gasteiger partial charge in [-0.1, -0.05) is 0 Å². The minimum Gasteiger partial charge on any atom is -0.385 e. The van der Waals surface area contributed by atoms with Gasteiger partial charge in [0, 0.05) is 11.9 Å². The van der Waals surface area contributed by atoms with Gasteiger partial charge in [-0.15, -0.1) is 0 Å². The van der Waals surface area contributed by atoms with E-state index in [9.17, 15) is 5.11 Å². The van der Waals surface area contributed by atoms with Gasteiger partial charge in [-0.2, -0.15) is 5.26 Å². The number of nitrogens with zero attached hydrogens (tertiary/aromatic N) is 4. The molecule has 1 N–H and O–H groups in total. The molecule has 0 radical (unpaired) electrons. The van der Waals surface area contributed by atoms with Crippen molar-refractivity contribution < 1.29 is 5.11 Å². The SMILES string of the molecule is Cc1ccnc(N2CC(O)(CC#N)C2)n1. The van der Waals surface area contributed by atoms with Crippen molar-refractivity contribution in [3.63, 3.8) is 0 Å². The molecule has 1 aromatic rings. The number of β-amino-alcohol motifs (C(OH)–C–C–N with tert-alkyl or cyclic N) is 1. The fourth-order valence-electron chi connectivity index (χ4n) is 1.65. The molecular weight excluding hydrogens is 192 g/mol. The monoisotopic (exact) mass is 204 g/mol. The lowest BCUT2D eigenvalue weighted by Crippen LogP contribution is -2.62. The van der Waals surface area contributed by atoms with Crippen LogP contribution in [0.5, 0.6) is 0 Å². The number of nitriles is 1. The van der Waals surface area contributed by atoms with E-state index in [4.69, 9.17) is 5.26 Å². The zero-order valence-electron chi connectivity index (χ0n) is 8.51. The number of aliphatic hydroxyl groups is 1. The standard InChI is InChI=1S/C10H12N4O/c1-8-2-5-12-9(13-8)14-6-10(15,7-14)3-4-11/h2,5,15H,3,6-7H2,1H3. The molecule has 0 saturated carbocycles. The summed E-state index contributed by atoms with van der Waals surface area (Å²) in [7, 11) is 0. The van der Waals surface area contributed by atoms with Crippen molar-refractivity contribution >= 4 is 5.95 Å². The minimum absolute atomic E-state index is 0.162.